The number of carbonyl (C=O) groups excluding carboxylic acids is 1. The standard InChI is InChI=1S/C19H16ClNO4/c1-11-16(9-17(22)23)21-10-14(25-2)7-8-15(21)18(11)19(24)12-3-5-13(20)6-4-12/h3-8,10H,9H2,1-2H3,(H,22,23). The van der Waals surface area contributed by atoms with Gasteiger partial charge in [-0.05, 0) is 48.9 Å². The van der Waals surface area contributed by atoms with Crippen LogP contribution in [0.5, 0.6) is 5.75 Å². The molecule has 6 heteroatoms. The summed E-state index contributed by atoms with van der Waals surface area (Å²) in [7, 11) is 1.54. The number of ether oxygens (including phenoxy) is 1. The van der Waals surface area contributed by atoms with E-state index in [1.807, 2.05) is 0 Å². The van der Waals surface area contributed by atoms with Crippen LogP contribution >= 0.6 is 11.6 Å². The Hall–Kier alpha value is -2.79. The van der Waals surface area contributed by atoms with Gasteiger partial charge in [0.25, 0.3) is 0 Å². The molecule has 0 bridgehead atoms. The first-order chi connectivity index (χ1) is 11.9. The van der Waals surface area contributed by atoms with Gasteiger partial charge >= 0.3 is 5.97 Å². The third-order valence-corrected chi connectivity index (χ3v) is 4.42. The van der Waals surface area contributed by atoms with Gasteiger partial charge in [0, 0.05) is 16.3 Å². The lowest BCUT2D eigenvalue weighted by Crippen LogP contribution is -2.05. The van der Waals surface area contributed by atoms with Gasteiger partial charge in [-0.2, -0.15) is 0 Å². The highest BCUT2D eigenvalue weighted by Crippen LogP contribution is 2.28. The van der Waals surface area contributed by atoms with Crippen LogP contribution in [0, 0.1) is 6.92 Å². The van der Waals surface area contributed by atoms with Gasteiger partial charge in [-0.15, -0.1) is 0 Å². The van der Waals surface area contributed by atoms with E-state index in [9.17, 15) is 14.7 Å². The van der Waals surface area contributed by atoms with E-state index in [1.54, 1.807) is 53.9 Å². The summed E-state index contributed by atoms with van der Waals surface area (Å²) in [5.41, 5.74) is 2.84. The summed E-state index contributed by atoms with van der Waals surface area (Å²) in [6.45, 7) is 1.76. The van der Waals surface area contributed by atoms with Gasteiger partial charge in [-0.3, -0.25) is 9.59 Å². The SMILES string of the molecule is COc1ccc2c(C(=O)c3ccc(Cl)cc3)c(C)c(CC(=O)O)n2c1. The second-order valence-electron chi connectivity index (χ2n) is 5.68. The number of hydrogen-bond donors (Lipinski definition) is 1. The Labute approximate surface area is 149 Å². The Balaban J connectivity index is 2.23. The fraction of sp³-hybridized carbons (Fsp3) is 0.158. The van der Waals surface area contributed by atoms with Gasteiger partial charge in [-0.1, -0.05) is 11.6 Å². The second-order valence-corrected chi connectivity index (χ2v) is 6.11. The lowest BCUT2D eigenvalue weighted by Gasteiger charge is -2.05. The normalized spacial score (nSPS) is 10.8. The van der Waals surface area contributed by atoms with Gasteiger partial charge in [0.15, 0.2) is 5.78 Å². The van der Waals surface area contributed by atoms with Crippen molar-refractivity contribution in [3.05, 3.63) is 70.0 Å². The molecule has 0 aliphatic carbocycles. The van der Waals surface area contributed by atoms with E-state index in [2.05, 4.69) is 0 Å². The van der Waals surface area contributed by atoms with Gasteiger partial charge in [0.05, 0.1) is 30.8 Å². The molecule has 0 fully saturated rings. The molecule has 0 spiro atoms. The smallest absolute Gasteiger partial charge is 0.309 e. The van der Waals surface area contributed by atoms with Gasteiger partial charge in [0.1, 0.15) is 5.75 Å². The maximum atomic E-state index is 13.0. The Morgan fingerprint density at radius 1 is 1.16 bits per heavy atom. The molecule has 5 nitrogen and oxygen atoms in total. The number of carboxylic acids is 1. The number of hydrogen-bond acceptors (Lipinski definition) is 3. The Bertz CT molecular complexity index is 973. The number of benzene rings is 1. The van der Waals surface area contributed by atoms with E-state index in [-0.39, 0.29) is 12.2 Å². The van der Waals surface area contributed by atoms with E-state index in [4.69, 9.17) is 16.3 Å². The number of pyridine rings is 1. The largest absolute Gasteiger partial charge is 0.495 e. The van der Waals surface area contributed by atoms with Crippen LogP contribution in [0.2, 0.25) is 5.02 Å². The molecule has 3 rings (SSSR count). The Morgan fingerprint density at radius 2 is 1.84 bits per heavy atom. The maximum absolute atomic E-state index is 13.0. The topological polar surface area (TPSA) is 68.0 Å². The molecule has 0 atom stereocenters. The average molecular weight is 358 g/mol. The number of aromatic nitrogens is 1. The van der Waals surface area contributed by atoms with Crippen molar-refractivity contribution in [2.24, 2.45) is 0 Å². The lowest BCUT2D eigenvalue weighted by atomic mass is 10.00. The molecule has 2 aromatic heterocycles. The zero-order valence-electron chi connectivity index (χ0n) is 13.7. The number of aliphatic carboxylic acids is 1. The summed E-state index contributed by atoms with van der Waals surface area (Å²) in [6, 6.07) is 10.1. The van der Waals surface area contributed by atoms with Crippen molar-refractivity contribution >= 4 is 28.9 Å². The molecule has 0 aliphatic rings. The van der Waals surface area contributed by atoms with E-state index < -0.39 is 5.97 Å². The highest BCUT2D eigenvalue weighted by atomic mass is 35.5. The summed E-state index contributed by atoms with van der Waals surface area (Å²) in [5.74, 6) is -0.552. The molecular formula is C19H16ClNO4. The average Bonchev–Trinajstić information content (AvgIpc) is 2.86. The number of ketones is 1. The van der Waals surface area contributed by atoms with Crippen LogP contribution in [0.1, 0.15) is 27.2 Å². The fourth-order valence-corrected chi connectivity index (χ4v) is 3.07. The molecule has 2 heterocycles. The summed E-state index contributed by atoms with van der Waals surface area (Å²) in [6.07, 6.45) is 1.51. The summed E-state index contributed by atoms with van der Waals surface area (Å²) >= 11 is 5.89. The van der Waals surface area contributed by atoms with E-state index >= 15 is 0 Å². The van der Waals surface area contributed by atoms with Gasteiger partial charge in [-0.25, -0.2) is 0 Å². The monoisotopic (exact) mass is 357 g/mol. The van der Waals surface area contributed by atoms with Crippen molar-refractivity contribution in [3.8, 4) is 5.75 Å². The molecular weight excluding hydrogens is 342 g/mol. The third kappa shape index (κ3) is 3.10. The first-order valence-corrected chi connectivity index (χ1v) is 7.99. The first kappa shape index (κ1) is 17.0. The number of nitrogens with zero attached hydrogens (tertiary/aromatic N) is 1. The number of carbonyl (C=O) groups is 2. The minimum atomic E-state index is -0.962. The maximum Gasteiger partial charge on any atom is 0.309 e. The van der Waals surface area contributed by atoms with Crippen LogP contribution in [0.15, 0.2) is 42.6 Å². The van der Waals surface area contributed by atoms with Crippen LogP contribution in [0.4, 0.5) is 0 Å². The predicted molar refractivity (Wildman–Crippen MR) is 94.9 cm³/mol. The van der Waals surface area contributed by atoms with Crippen molar-refractivity contribution in [1.29, 1.82) is 0 Å². The molecule has 0 amide bonds. The van der Waals surface area contributed by atoms with Crippen molar-refractivity contribution in [2.45, 2.75) is 13.3 Å². The molecule has 0 unspecified atom stereocenters. The van der Waals surface area contributed by atoms with Crippen LogP contribution in [-0.4, -0.2) is 28.4 Å². The number of fused-ring (bicyclic) bond motifs is 1. The Morgan fingerprint density at radius 3 is 2.44 bits per heavy atom. The highest BCUT2D eigenvalue weighted by molar-refractivity contribution is 6.30. The second kappa shape index (κ2) is 6.61. The van der Waals surface area contributed by atoms with Crippen LogP contribution < -0.4 is 4.74 Å². The Kier molecular flexibility index (Phi) is 4.51. The molecule has 0 saturated heterocycles. The van der Waals surface area contributed by atoms with E-state index in [0.717, 1.165) is 0 Å². The number of methoxy groups -OCH3 is 1. The molecule has 1 aromatic carbocycles. The third-order valence-electron chi connectivity index (χ3n) is 4.16. The van der Waals surface area contributed by atoms with Gasteiger partial charge in [0.2, 0.25) is 0 Å². The number of carboxylic acid groups (broad SMARTS) is 1. The molecule has 25 heavy (non-hydrogen) atoms. The number of rotatable bonds is 5. The van der Waals surface area contributed by atoms with E-state index in [0.29, 0.717) is 38.7 Å². The summed E-state index contributed by atoms with van der Waals surface area (Å²) in [4.78, 5) is 24.3. The molecule has 128 valence electrons. The van der Waals surface area contributed by atoms with Crippen LogP contribution in [0.3, 0.4) is 0 Å². The van der Waals surface area contributed by atoms with Crippen LogP contribution in [0.25, 0.3) is 5.52 Å². The summed E-state index contributed by atoms with van der Waals surface area (Å²) < 4.78 is 6.94. The molecule has 0 radical (unpaired) electrons. The van der Waals surface area contributed by atoms with Gasteiger partial charge < -0.3 is 14.2 Å². The van der Waals surface area contributed by atoms with Crippen molar-refractivity contribution in [1.82, 2.24) is 4.40 Å². The van der Waals surface area contributed by atoms with E-state index in [1.165, 1.54) is 7.11 Å². The molecule has 0 saturated carbocycles. The minimum absolute atomic E-state index is 0.173. The molecule has 0 aliphatic heterocycles. The molecule has 1 N–H and O–H groups in total. The zero-order valence-corrected chi connectivity index (χ0v) is 14.5. The van der Waals surface area contributed by atoms with Crippen LogP contribution in [-0.2, 0) is 11.2 Å². The summed E-state index contributed by atoms with van der Waals surface area (Å²) in [5, 5.41) is 9.78. The molecule has 3 aromatic rings. The minimum Gasteiger partial charge on any atom is -0.495 e. The lowest BCUT2D eigenvalue weighted by molar-refractivity contribution is -0.136. The van der Waals surface area contributed by atoms with Crippen molar-refractivity contribution < 1.29 is 19.4 Å². The predicted octanol–water partition coefficient (Wildman–Crippen LogP) is 3.77. The highest BCUT2D eigenvalue weighted by Gasteiger charge is 2.23. The number of halogens is 1. The van der Waals surface area contributed by atoms with Crippen molar-refractivity contribution in [3.63, 3.8) is 0 Å². The zero-order chi connectivity index (χ0) is 18.1. The fourth-order valence-electron chi connectivity index (χ4n) is 2.94. The first-order valence-electron chi connectivity index (χ1n) is 7.62. The van der Waals surface area contributed by atoms with Crippen molar-refractivity contribution in [2.75, 3.05) is 7.11 Å². The quantitative estimate of drug-likeness (QED) is 0.706.